The summed E-state index contributed by atoms with van der Waals surface area (Å²) in [5.74, 6) is 0.442. The van der Waals surface area contributed by atoms with E-state index in [1.807, 2.05) is 0 Å². The maximum absolute atomic E-state index is 12.9. The van der Waals surface area contributed by atoms with Crippen LogP contribution in [0.5, 0.6) is 11.6 Å². The average Bonchev–Trinajstić information content (AvgIpc) is 3.11. The van der Waals surface area contributed by atoms with Crippen LogP contribution in [-0.2, 0) is 17.3 Å². The van der Waals surface area contributed by atoms with Crippen molar-refractivity contribution in [3.63, 3.8) is 0 Å². The number of pyridine rings is 3. The Labute approximate surface area is 164 Å². The molecule has 0 aliphatic heterocycles. The van der Waals surface area contributed by atoms with Gasteiger partial charge in [-0.1, -0.05) is 6.07 Å². The van der Waals surface area contributed by atoms with Crippen molar-refractivity contribution in [1.29, 1.82) is 0 Å². The number of alkyl halides is 3. The Balaban J connectivity index is 1.75. The van der Waals surface area contributed by atoms with Gasteiger partial charge in [0.15, 0.2) is 11.1 Å². The van der Waals surface area contributed by atoms with Gasteiger partial charge in [0.1, 0.15) is 22.8 Å². The third kappa shape index (κ3) is 3.96. The lowest BCUT2D eigenvalue weighted by Gasteiger charge is -2.07. The Morgan fingerprint density at radius 1 is 1.14 bits per heavy atom. The minimum absolute atomic E-state index is 0.0279. The van der Waals surface area contributed by atoms with Crippen LogP contribution in [0.15, 0.2) is 66.1 Å². The number of rotatable bonds is 4. The second-order valence-corrected chi connectivity index (χ2v) is 6.78. The van der Waals surface area contributed by atoms with Crippen molar-refractivity contribution in [2.24, 2.45) is 0 Å². The second kappa shape index (κ2) is 7.26. The molecule has 29 heavy (non-hydrogen) atoms. The molecule has 4 heterocycles. The van der Waals surface area contributed by atoms with E-state index in [4.69, 9.17) is 4.74 Å². The van der Waals surface area contributed by atoms with Crippen molar-refractivity contribution in [2.75, 3.05) is 0 Å². The molecule has 0 saturated carbocycles. The van der Waals surface area contributed by atoms with E-state index < -0.39 is 22.8 Å². The number of halogens is 3. The summed E-state index contributed by atoms with van der Waals surface area (Å²) < 4.78 is 67.0. The smallest absolute Gasteiger partial charge is 0.416 e. The summed E-state index contributed by atoms with van der Waals surface area (Å²) in [6.45, 7) is 0. The molecule has 1 atom stereocenters. The first-order valence-corrected chi connectivity index (χ1v) is 9.18. The van der Waals surface area contributed by atoms with Crippen LogP contribution in [0.2, 0.25) is 0 Å². The van der Waals surface area contributed by atoms with E-state index in [-0.39, 0.29) is 33.6 Å². The molecular formula is C18H11F3N4O3S. The minimum atomic E-state index is -4.51. The Bertz CT molecular complexity index is 1210. The Morgan fingerprint density at radius 2 is 1.97 bits per heavy atom. The van der Waals surface area contributed by atoms with Crippen LogP contribution in [0.4, 0.5) is 13.2 Å². The number of hydrogen-bond acceptors (Lipinski definition) is 5. The maximum Gasteiger partial charge on any atom is 0.416 e. The summed E-state index contributed by atoms with van der Waals surface area (Å²) in [6, 6.07) is 8.12. The minimum Gasteiger partial charge on any atom is -0.437 e. The molecule has 148 valence electrons. The van der Waals surface area contributed by atoms with Crippen LogP contribution in [0.1, 0.15) is 5.56 Å². The molecule has 0 aromatic carbocycles. The van der Waals surface area contributed by atoms with Gasteiger partial charge in [0.2, 0.25) is 5.88 Å². The number of hydrogen-bond donors (Lipinski definition) is 1. The molecule has 1 unspecified atom stereocenters. The number of ether oxygens (including phenoxy) is 1. The fraction of sp³-hybridized carbons (Fsp3) is 0.0556. The highest BCUT2D eigenvalue weighted by atomic mass is 32.2. The van der Waals surface area contributed by atoms with Gasteiger partial charge in [0.05, 0.1) is 16.7 Å². The van der Waals surface area contributed by atoms with Crippen LogP contribution in [0.3, 0.4) is 0 Å². The zero-order valence-corrected chi connectivity index (χ0v) is 15.2. The van der Waals surface area contributed by atoms with E-state index >= 15 is 0 Å². The second-order valence-electron chi connectivity index (χ2n) is 5.84. The molecule has 0 aliphatic rings. The molecule has 0 fully saturated rings. The zero-order valence-electron chi connectivity index (χ0n) is 14.4. The highest BCUT2D eigenvalue weighted by molar-refractivity contribution is 7.79. The Morgan fingerprint density at radius 3 is 2.66 bits per heavy atom. The molecule has 4 rings (SSSR count). The molecule has 7 nitrogen and oxygen atoms in total. The van der Waals surface area contributed by atoms with Crippen LogP contribution >= 0.6 is 0 Å². The van der Waals surface area contributed by atoms with E-state index in [9.17, 15) is 21.9 Å². The van der Waals surface area contributed by atoms with Gasteiger partial charge >= 0.3 is 6.18 Å². The van der Waals surface area contributed by atoms with Gasteiger partial charge in [-0.2, -0.15) is 13.2 Å². The lowest BCUT2D eigenvalue weighted by Crippen LogP contribution is -2.05. The molecule has 0 aliphatic carbocycles. The summed E-state index contributed by atoms with van der Waals surface area (Å²) in [4.78, 5) is 12.1. The first-order valence-electron chi connectivity index (χ1n) is 8.07. The quantitative estimate of drug-likeness (QED) is 0.498. The van der Waals surface area contributed by atoms with Gasteiger partial charge in [-0.3, -0.25) is 0 Å². The van der Waals surface area contributed by atoms with Crippen LogP contribution in [0, 0.1) is 0 Å². The largest absolute Gasteiger partial charge is 0.437 e. The standard InChI is InChI=1S/C18H11F3N4O3S/c19-18(20,21)11-4-6-25-10-13(24-15(25)7-11)17-14(29(26)27)8-12(9-23-17)28-16-3-1-2-5-22-16/h1-10H,(H,26,27). The first-order chi connectivity index (χ1) is 13.8. The number of fused-ring (bicyclic) bond motifs is 1. The molecular weight excluding hydrogens is 409 g/mol. The highest BCUT2D eigenvalue weighted by Crippen LogP contribution is 2.32. The SMILES string of the molecule is O=S(O)c1cc(Oc2ccccn2)cnc1-c1cn2ccc(C(F)(F)F)cc2n1. The molecule has 11 heteroatoms. The third-order valence-corrected chi connectivity index (χ3v) is 4.59. The summed E-state index contributed by atoms with van der Waals surface area (Å²) in [6.07, 6.45) is 0.963. The van der Waals surface area contributed by atoms with E-state index in [1.54, 1.807) is 18.2 Å². The van der Waals surface area contributed by atoms with Crippen molar-refractivity contribution in [1.82, 2.24) is 19.4 Å². The number of nitrogens with zero attached hydrogens (tertiary/aromatic N) is 4. The third-order valence-electron chi connectivity index (χ3n) is 3.91. The van der Waals surface area contributed by atoms with E-state index in [1.165, 1.54) is 35.3 Å². The first kappa shape index (κ1) is 19.0. The predicted octanol–water partition coefficient (Wildman–Crippen LogP) is 4.18. The molecule has 4 aromatic rings. The van der Waals surface area contributed by atoms with Crippen LogP contribution in [-0.4, -0.2) is 28.1 Å². The summed E-state index contributed by atoms with van der Waals surface area (Å²) >= 11 is -2.44. The van der Waals surface area contributed by atoms with Gasteiger partial charge in [-0.25, -0.2) is 19.2 Å². The Hall–Kier alpha value is -3.31. The van der Waals surface area contributed by atoms with Crippen molar-refractivity contribution < 1.29 is 26.7 Å². The predicted molar refractivity (Wildman–Crippen MR) is 96.8 cm³/mol. The van der Waals surface area contributed by atoms with Gasteiger partial charge in [0, 0.05) is 30.7 Å². The summed E-state index contributed by atoms with van der Waals surface area (Å²) in [7, 11) is 0. The molecule has 0 radical (unpaired) electrons. The van der Waals surface area contributed by atoms with Crippen molar-refractivity contribution in [3.8, 4) is 23.0 Å². The lowest BCUT2D eigenvalue weighted by atomic mass is 10.2. The monoisotopic (exact) mass is 420 g/mol. The maximum atomic E-state index is 12.9. The van der Waals surface area contributed by atoms with Gasteiger partial charge in [-0.15, -0.1) is 0 Å². The van der Waals surface area contributed by atoms with E-state index in [0.29, 0.717) is 0 Å². The molecule has 0 amide bonds. The fourth-order valence-electron chi connectivity index (χ4n) is 2.61. The average molecular weight is 420 g/mol. The van der Waals surface area contributed by atoms with Crippen molar-refractivity contribution in [2.45, 2.75) is 11.1 Å². The summed E-state index contributed by atoms with van der Waals surface area (Å²) in [5, 5.41) is 0. The van der Waals surface area contributed by atoms with Gasteiger partial charge < -0.3 is 13.7 Å². The highest BCUT2D eigenvalue weighted by Gasteiger charge is 2.31. The normalized spacial score (nSPS) is 12.8. The van der Waals surface area contributed by atoms with E-state index in [2.05, 4.69) is 15.0 Å². The lowest BCUT2D eigenvalue weighted by molar-refractivity contribution is -0.137. The van der Waals surface area contributed by atoms with Crippen LogP contribution < -0.4 is 4.74 Å². The van der Waals surface area contributed by atoms with Crippen molar-refractivity contribution in [3.05, 3.63) is 66.7 Å². The van der Waals surface area contributed by atoms with Gasteiger partial charge in [0.25, 0.3) is 0 Å². The molecule has 4 aromatic heterocycles. The summed E-state index contributed by atoms with van der Waals surface area (Å²) in [5.41, 5.74) is -0.622. The number of imidazole rings is 1. The van der Waals surface area contributed by atoms with Crippen LogP contribution in [0.25, 0.3) is 17.0 Å². The topological polar surface area (TPSA) is 89.6 Å². The van der Waals surface area contributed by atoms with Crippen molar-refractivity contribution >= 4 is 16.7 Å². The molecule has 0 saturated heterocycles. The molecule has 1 N–H and O–H groups in total. The van der Waals surface area contributed by atoms with Gasteiger partial charge in [-0.05, 0) is 18.2 Å². The fourth-order valence-corrected chi connectivity index (χ4v) is 3.15. The number of aromatic nitrogens is 4. The molecule has 0 bridgehead atoms. The zero-order chi connectivity index (χ0) is 20.6. The Kier molecular flexibility index (Phi) is 4.76. The van der Waals surface area contributed by atoms with E-state index in [0.717, 1.165) is 12.1 Å². The molecule has 0 spiro atoms.